The lowest BCUT2D eigenvalue weighted by Gasteiger charge is -2.33. The summed E-state index contributed by atoms with van der Waals surface area (Å²) in [5.41, 5.74) is -0.0250. The Hall–Kier alpha value is -1.99. The number of nitrogens with one attached hydrogen (secondary N) is 1. The Morgan fingerprint density at radius 2 is 1.96 bits per heavy atom. The molecule has 24 heavy (non-hydrogen) atoms. The van der Waals surface area contributed by atoms with Crippen LogP contribution >= 0.6 is 0 Å². The van der Waals surface area contributed by atoms with Crippen LogP contribution in [-0.2, 0) is 4.74 Å². The van der Waals surface area contributed by atoms with Gasteiger partial charge in [0.1, 0.15) is 19.3 Å². The van der Waals surface area contributed by atoms with Gasteiger partial charge in [0.15, 0.2) is 11.5 Å². The topological polar surface area (TPSA) is 80.3 Å². The second-order valence-corrected chi connectivity index (χ2v) is 6.62. The number of anilines is 1. The highest BCUT2D eigenvalue weighted by Gasteiger charge is 2.39. The van der Waals surface area contributed by atoms with Gasteiger partial charge in [0.25, 0.3) is 0 Å². The lowest BCUT2D eigenvalue weighted by atomic mass is 9.87. The monoisotopic (exact) mass is 334 g/mol. The van der Waals surface area contributed by atoms with E-state index in [9.17, 15) is 9.90 Å². The maximum atomic E-state index is 12.2. The molecule has 1 aromatic rings. The van der Waals surface area contributed by atoms with Crippen molar-refractivity contribution >= 4 is 11.8 Å². The molecular formula is C17H22N2O5. The van der Waals surface area contributed by atoms with E-state index in [0.717, 1.165) is 18.8 Å². The van der Waals surface area contributed by atoms with Crippen LogP contribution in [0.4, 0.5) is 10.5 Å². The molecule has 2 N–H and O–H groups in total. The minimum Gasteiger partial charge on any atom is -0.486 e. The molecule has 0 spiro atoms. The number of cyclic esters (lactones) is 1. The average Bonchev–Trinajstić information content (AvgIpc) is 2.94. The number of ether oxygens (including phenoxy) is 3. The molecule has 0 saturated carbocycles. The first-order valence-corrected chi connectivity index (χ1v) is 8.44. The standard InChI is InChI=1S/C17H22N2O5/c20-16-19(12-1-2-14-15(9-12)23-8-7-22-14)11-13(24-16)10-17(21)3-5-18-6-4-17/h1-2,9,13,18,21H,3-8,10-11H2. The van der Waals surface area contributed by atoms with Crippen LogP contribution in [0.5, 0.6) is 11.5 Å². The molecule has 3 heterocycles. The minimum absolute atomic E-state index is 0.297. The Morgan fingerprint density at radius 3 is 2.75 bits per heavy atom. The zero-order chi connectivity index (χ0) is 16.6. The summed E-state index contributed by atoms with van der Waals surface area (Å²) in [4.78, 5) is 13.8. The summed E-state index contributed by atoms with van der Waals surface area (Å²) in [6.07, 6.45) is 1.17. The van der Waals surface area contributed by atoms with Crippen molar-refractivity contribution < 1.29 is 24.1 Å². The molecule has 0 aromatic heterocycles. The first-order valence-electron chi connectivity index (χ1n) is 8.44. The first kappa shape index (κ1) is 15.5. The van der Waals surface area contributed by atoms with Crippen molar-refractivity contribution in [2.75, 3.05) is 37.7 Å². The number of benzene rings is 1. The number of carbonyl (C=O) groups is 1. The molecule has 0 bridgehead atoms. The Kier molecular flexibility index (Phi) is 3.97. The lowest BCUT2D eigenvalue weighted by Crippen LogP contribution is -2.44. The van der Waals surface area contributed by atoms with Gasteiger partial charge < -0.3 is 24.6 Å². The highest BCUT2D eigenvalue weighted by molar-refractivity contribution is 5.90. The maximum absolute atomic E-state index is 12.2. The Balaban J connectivity index is 1.46. The molecule has 4 rings (SSSR count). The van der Waals surface area contributed by atoms with Crippen molar-refractivity contribution in [1.29, 1.82) is 0 Å². The Labute approximate surface area is 140 Å². The van der Waals surface area contributed by atoms with Crippen molar-refractivity contribution in [3.05, 3.63) is 18.2 Å². The van der Waals surface area contributed by atoms with Crippen molar-refractivity contribution in [3.8, 4) is 11.5 Å². The lowest BCUT2D eigenvalue weighted by molar-refractivity contribution is -0.0262. The van der Waals surface area contributed by atoms with Crippen molar-refractivity contribution in [1.82, 2.24) is 5.32 Å². The van der Waals surface area contributed by atoms with Crippen LogP contribution in [0.15, 0.2) is 18.2 Å². The van der Waals surface area contributed by atoms with Crippen LogP contribution in [0, 0.1) is 0 Å². The molecule has 1 amide bonds. The summed E-state index contributed by atoms with van der Waals surface area (Å²) in [5, 5.41) is 13.9. The van der Waals surface area contributed by atoms with E-state index >= 15 is 0 Å². The van der Waals surface area contributed by atoms with Gasteiger partial charge in [-0.2, -0.15) is 0 Å². The average molecular weight is 334 g/mol. The van der Waals surface area contributed by atoms with E-state index in [2.05, 4.69) is 5.32 Å². The molecule has 3 aliphatic heterocycles. The predicted molar refractivity (Wildman–Crippen MR) is 86.7 cm³/mol. The maximum Gasteiger partial charge on any atom is 0.414 e. The van der Waals surface area contributed by atoms with E-state index in [1.54, 1.807) is 11.0 Å². The Bertz CT molecular complexity index is 629. The molecule has 1 atom stereocenters. The number of hydrogen-bond acceptors (Lipinski definition) is 6. The van der Waals surface area contributed by atoms with E-state index in [4.69, 9.17) is 14.2 Å². The fourth-order valence-corrected chi connectivity index (χ4v) is 3.56. The molecule has 2 saturated heterocycles. The van der Waals surface area contributed by atoms with Gasteiger partial charge in [0.2, 0.25) is 0 Å². The number of hydrogen-bond donors (Lipinski definition) is 2. The van der Waals surface area contributed by atoms with Gasteiger partial charge in [0.05, 0.1) is 17.8 Å². The number of aliphatic hydroxyl groups is 1. The van der Waals surface area contributed by atoms with Gasteiger partial charge in [-0.15, -0.1) is 0 Å². The number of fused-ring (bicyclic) bond motifs is 1. The fraction of sp³-hybridized carbons (Fsp3) is 0.588. The van der Waals surface area contributed by atoms with E-state index in [0.29, 0.717) is 50.5 Å². The fourth-order valence-electron chi connectivity index (χ4n) is 3.56. The Morgan fingerprint density at radius 1 is 1.21 bits per heavy atom. The van der Waals surface area contributed by atoms with Crippen LogP contribution in [0.2, 0.25) is 0 Å². The van der Waals surface area contributed by atoms with Gasteiger partial charge in [-0.25, -0.2) is 4.79 Å². The second-order valence-electron chi connectivity index (χ2n) is 6.62. The predicted octanol–water partition coefficient (Wildman–Crippen LogP) is 1.29. The normalized spacial score (nSPS) is 25.5. The van der Waals surface area contributed by atoms with Crippen molar-refractivity contribution in [2.24, 2.45) is 0 Å². The van der Waals surface area contributed by atoms with Crippen LogP contribution in [-0.4, -0.2) is 55.8 Å². The van der Waals surface area contributed by atoms with E-state index in [1.807, 2.05) is 12.1 Å². The minimum atomic E-state index is -0.751. The molecule has 1 aromatic carbocycles. The van der Waals surface area contributed by atoms with Crippen LogP contribution in [0.25, 0.3) is 0 Å². The summed E-state index contributed by atoms with van der Waals surface area (Å²) < 4.78 is 16.6. The van der Waals surface area contributed by atoms with Gasteiger partial charge >= 0.3 is 6.09 Å². The number of amides is 1. The summed E-state index contributed by atoms with van der Waals surface area (Å²) in [6.45, 7) is 3.07. The molecule has 0 radical (unpaired) electrons. The van der Waals surface area contributed by atoms with Crippen LogP contribution in [0.3, 0.4) is 0 Å². The highest BCUT2D eigenvalue weighted by Crippen LogP contribution is 2.36. The smallest absolute Gasteiger partial charge is 0.414 e. The summed E-state index contributed by atoms with van der Waals surface area (Å²) in [6, 6.07) is 5.44. The SMILES string of the molecule is O=C1OC(CC2(O)CCNCC2)CN1c1ccc2c(c1)OCCO2. The number of rotatable bonds is 3. The molecule has 2 fully saturated rings. The van der Waals surface area contributed by atoms with Crippen molar-refractivity contribution in [3.63, 3.8) is 0 Å². The van der Waals surface area contributed by atoms with Gasteiger partial charge in [-0.3, -0.25) is 4.90 Å². The third-order valence-electron chi connectivity index (χ3n) is 4.85. The number of piperidine rings is 1. The number of nitrogens with zero attached hydrogens (tertiary/aromatic N) is 1. The summed E-state index contributed by atoms with van der Waals surface area (Å²) in [5.74, 6) is 1.34. The van der Waals surface area contributed by atoms with Gasteiger partial charge in [-0.1, -0.05) is 0 Å². The quantitative estimate of drug-likeness (QED) is 0.867. The molecule has 130 valence electrons. The van der Waals surface area contributed by atoms with E-state index in [-0.39, 0.29) is 12.2 Å². The third kappa shape index (κ3) is 3.01. The zero-order valence-corrected chi connectivity index (χ0v) is 13.5. The largest absolute Gasteiger partial charge is 0.486 e. The molecule has 1 unspecified atom stereocenters. The second kappa shape index (κ2) is 6.14. The zero-order valence-electron chi connectivity index (χ0n) is 13.5. The molecule has 3 aliphatic rings. The molecular weight excluding hydrogens is 312 g/mol. The van der Waals surface area contributed by atoms with Crippen LogP contribution in [0.1, 0.15) is 19.3 Å². The van der Waals surface area contributed by atoms with E-state index < -0.39 is 5.60 Å². The molecule has 7 nitrogen and oxygen atoms in total. The molecule has 0 aliphatic carbocycles. The van der Waals surface area contributed by atoms with E-state index in [1.165, 1.54) is 0 Å². The first-order chi connectivity index (χ1) is 11.6. The summed E-state index contributed by atoms with van der Waals surface area (Å²) >= 11 is 0. The van der Waals surface area contributed by atoms with Crippen molar-refractivity contribution in [2.45, 2.75) is 31.0 Å². The number of carbonyl (C=O) groups excluding carboxylic acids is 1. The molecule has 7 heteroatoms. The van der Waals surface area contributed by atoms with Gasteiger partial charge in [-0.05, 0) is 38.1 Å². The summed E-state index contributed by atoms with van der Waals surface area (Å²) in [7, 11) is 0. The van der Waals surface area contributed by atoms with Gasteiger partial charge in [0, 0.05) is 12.5 Å². The highest BCUT2D eigenvalue weighted by atomic mass is 16.6. The third-order valence-corrected chi connectivity index (χ3v) is 4.85. The van der Waals surface area contributed by atoms with Crippen LogP contribution < -0.4 is 19.7 Å².